The lowest BCUT2D eigenvalue weighted by Crippen LogP contribution is -2.27. The van der Waals surface area contributed by atoms with Gasteiger partial charge in [0.05, 0.1) is 16.3 Å². The molecule has 3 rings (SSSR count). The minimum atomic E-state index is 0.00911. The van der Waals surface area contributed by atoms with Crippen molar-refractivity contribution in [2.75, 3.05) is 11.4 Å². The Kier molecular flexibility index (Phi) is 3.60. The molecule has 0 fully saturated rings. The van der Waals surface area contributed by atoms with Crippen molar-refractivity contribution in [3.8, 4) is 0 Å². The predicted molar refractivity (Wildman–Crippen MR) is 89.0 cm³/mol. The molecule has 3 N–H and O–H groups in total. The number of halogens is 1. The second-order valence-corrected chi connectivity index (χ2v) is 5.84. The molecule has 2 aromatic carbocycles. The van der Waals surface area contributed by atoms with Gasteiger partial charge in [0.15, 0.2) is 0 Å². The van der Waals surface area contributed by atoms with Crippen LogP contribution in [-0.2, 0) is 6.42 Å². The molecule has 1 heterocycles. The first-order valence-corrected chi connectivity index (χ1v) is 7.45. The van der Waals surface area contributed by atoms with Crippen LogP contribution in [0, 0.1) is 12.3 Å². The van der Waals surface area contributed by atoms with Gasteiger partial charge in [-0.05, 0) is 43.5 Å². The van der Waals surface area contributed by atoms with Gasteiger partial charge in [-0.15, -0.1) is 0 Å². The zero-order chi connectivity index (χ0) is 15.0. The van der Waals surface area contributed by atoms with Crippen LogP contribution >= 0.6 is 11.6 Å². The van der Waals surface area contributed by atoms with Crippen molar-refractivity contribution in [3.05, 3.63) is 58.1 Å². The highest BCUT2D eigenvalue weighted by Gasteiger charge is 2.22. The van der Waals surface area contributed by atoms with Gasteiger partial charge in [0, 0.05) is 12.2 Å². The average Bonchev–Trinajstić information content (AvgIpc) is 2.45. The van der Waals surface area contributed by atoms with Gasteiger partial charge in [-0.3, -0.25) is 5.41 Å². The third-order valence-electron chi connectivity index (χ3n) is 3.91. The van der Waals surface area contributed by atoms with Crippen molar-refractivity contribution in [2.24, 2.45) is 5.73 Å². The Morgan fingerprint density at radius 1 is 1.24 bits per heavy atom. The molecule has 4 heteroatoms. The summed E-state index contributed by atoms with van der Waals surface area (Å²) in [5, 5.41) is 8.35. The molecule has 0 saturated carbocycles. The van der Waals surface area contributed by atoms with E-state index in [1.54, 1.807) is 6.07 Å². The van der Waals surface area contributed by atoms with Crippen molar-refractivity contribution >= 4 is 28.8 Å². The van der Waals surface area contributed by atoms with Gasteiger partial charge in [0.25, 0.3) is 0 Å². The molecular weight excluding hydrogens is 282 g/mol. The second-order valence-electron chi connectivity index (χ2n) is 5.43. The summed E-state index contributed by atoms with van der Waals surface area (Å²) in [6.07, 6.45) is 2.17. The Bertz CT molecular complexity index is 709. The Labute approximate surface area is 129 Å². The van der Waals surface area contributed by atoms with Gasteiger partial charge in [-0.1, -0.05) is 35.4 Å². The molecule has 0 bridgehead atoms. The third-order valence-corrected chi connectivity index (χ3v) is 4.22. The fraction of sp³-hybridized carbons (Fsp3) is 0.235. The standard InChI is InChI=1S/C17H18ClN3/c1-11-7-8-14-12(10-11)4-3-9-21(14)15-6-2-5-13(18)16(15)17(19)20/h2,5-8,10H,3-4,9H2,1H3,(H3,19,20). The van der Waals surface area contributed by atoms with E-state index < -0.39 is 0 Å². The zero-order valence-electron chi connectivity index (χ0n) is 12.0. The molecule has 0 atom stereocenters. The number of nitrogens with one attached hydrogen (secondary N) is 1. The number of nitrogens with two attached hydrogens (primary N) is 1. The summed E-state index contributed by atoms with van der Waals surface area (Å²) in [6, 6.07) is 12.2. The van der Waals surface area contributed by atoms with E-state index in [9.17, 15) is 0 Å². The second kappa shape index (κ2) is 5.41. The van der Waals surface area contributed by atoms with Crippen LogP contribution in [0.15, 0.2) is 36.4 Å². The minimum absolute atomic E-state index is 0.00911. The fourth-order valence-electron chi connectivity index (χ4n) is 2.98. The first-order valence-electron chi connectivity index (χ1n) is 7.08. The number of nitrogen functional groups attached to an aromatic ring is 1. The number of rotatable bonds is 2. The van der Waals surface area contributed by atoms with E-state index in [1.807, 2.05) is 12.1 Å². The van der Waals surface area contributed by atoms with Crippen molar-refractivity contribution in [1.82, 2.24) is 0 Å². The lowest BCUT2D eigenvalue weighted by Gasteiger charge is -2.33. The van der Waals surface area contributed by atoms with E-state index in [1.165, 1.54) is 16.8 Å². The molecule has 21 heavy (non-hydrogen) atoms. The molecular formula is C17H18ClN3. The number of benzene rings is 2. The molecule has 1 aliphatic rings. The number of fused-ring (bicyclic) bond motifs is 1. The Hall–Kier alpha value is -2.00. The van der Waals surface area contributed by atoms with Crippen molar-refractivity contribution in [2.45, 2.75) is 19.8 Å². The monoisotopic (exact) mass is 299 g/mol. The Morgan fingerprint density at radius 2 is 2.05 bits per heavy atom. The first-order chi connectivity index (χ1) is 10.1. The van der Waals surface area contributed by atoms with Crippen molar-refractivity contribution < 1.29 is 0 Å². The third kappa shape index (κ3) is 2.49. The molecule has 108 valence electrons. The minimum Gasteiger partial charge on any atom is -0.384 e. The summed E-state index contributed by atoms with van der Waals surface area (Å²) in [6.45, 7) is 3.02. The molecule has 0 radical (unpaired) electrons. The van der Waals surface area contributed by atoms with Gasteiger partial charge in [-0.25, -0.2) is 0 Å². The Morgan fingerprint density at radius 3 is 2.81 bits per heavy atom. The highest BCUT2D eigenvalue weighted by molar-refractivity contribution is 6.34. The summed E-state index contributed by atoms with van der Waals surface area (Å²) >= 11 is 6.25. The smallest absolute Gasteiger partial charge is 0.126 e. The van der Waals surface area contributed by atoms with Crippen LogP contribution in [0.5, 0.6) is 0 Å². The topological polar surface area (TPSA) is 53.1 Å². The van der Waals surface area contributed by atoms with E-state index in [4.69, 9.17) is 22.7 Å². The normalized spacial score (nSPS) is 13.9. The zero-order valence-corrected chi connectivity index (χ0v) is 12.7. The molecule has 1 aliphatic heterocycles. The highest BCUT2D eigenvalue weighted by atomic mass is 35.5. The summed E-state index contributed by atoms with van der Waals surface area (Å²) in [5.41, 5.74) is 11.1. The van der Waals surface area contributed by atoms with Gasteiger partial charge in [0.2, 0.25) is 0 Å². The van der Waals surface area contributed by atoms with Gasteiger partial charge in [-0.2, -0.15) is 0 Å². The Balaban J connectivity index is 2.16. The van der Waals surface area contributed by atoms with Crippen LogP contribution in [0.25, 0.3) is 0 Å². The quantitative estimate of drug-likeness (QED) is 0.650. The lowest BCUT2D eigenvalue weighted by atomic mass is 9.98. The molecule has 0 spiro atoms. The van der Waals surface area contributed by atoms with Crippen LogP contribution in [0.2, 0.25) is 5.02 Å². The summed E-state index contributed by atoms with van der Waals surface area (Å²) < 4.78 is 0. The number of aryl methyl sites for hydroxylation is 2. The van der Waals surface area contributed by atoms with Crippen LogP contribution in [0.1, 0.15) is 23.1 Å². The molecule has 0 aliphatic carbocycles. The van der Waals surface area contributed by atoms with E-state index >= 15 is 0 Å². The summed E-state index contributed by atoms with van der Waals surface area (Å²) in [7, 11) is 0. The van der Waals surface area contributed by atoms with E-state index in [2.05, 4.69) is 30.0 Å². The predicted octanol–water partition coefficient (Wildman–Crippen LogP) is 4.02. The number of hydrogen-bond donors (Lipinski definition) is 2. The number of nitrogens with zero attached hydrogens (tertiary/aromatic N) is 1. The summed E-state index contributed by atoms with van der Waals surface area (Å²) in [5.74, 6) is 0.00911. The molecule has 0 amide bonds. The number of amidine groups is 1. The van der Waals surface area contributed by atoms with Crippen LogP contribution in [0.3, 0.4) is 0 Å². The summed E-state index contributed by atoms with van der Waals surface area (Å²) in [4.78, 5) is 2.22. The van der Waals surface area contributed by atoms with Gasteiger partial charge in [0.1, 0.15) is 5.84 Å². The van der Waals surface area contributed by atoms with Crippen LogP contribution < -0.4 is 10.6 Å². The maximum Gasteiger partial charge on any atom is 0.126 e. The largest absolute Gasteiger partial charge is 0.384 e. The van der Waals surface area contributed by atoms with Gasteiger partial charge >= 0.3 is 0 Å². The highest BCUT2D eigenvalue weighted by Crippen LogP contribution is 2.37. The molecule has 2 aromatic rings. The first kappa shape index (κ1) is 14.0. The van der Waals surface area contributed by atoms with E-state index in [0.29, 0.717) is 10.6 Å². The van der Waals surface area contributed by atoms with Crippen LogP contribution in [0.4, 0.5) is 11.4 Å². The molecule has 0 unspecified atom stereocenters. The maximum absolute atomic E-state index is 7.82. The van der Waals surface area contributed by atoms with Gasteiger partial charge < -0.3 is 10.6 Å². The molecule has 0 aromatic heterocycles. The van der Waals surface area contributed by atoms with Crippen molar-refractivity contribution in [1.29, 1.82) is 5.41 Å². The SMILES string of the molecule is Cc1ccc2c(c1)CCCN2c1cccc(Cl)c1C(=N)N. The van der Waals surface area contributed by atoms with E-state index in [0.717, 1.165) is 25.1 Å². The lowest BCUT2D eigenvalue weighted by molar-refractivity contribution is 0.765. The van der Waals surface area contributed by atoms with Crippen molar-refractivity contribution in [3.63, 3.8) is 0 Å². The molecule has 0 saturated heterocycles. The number of hydrogen-bond acceptors (Lipinski definition) is 2. The van der Waals surface area contributed by atoms with E-state index in [-0.39, 0.29) is 5.84 Å². The fourth-order valence-corrected chi connectivity index (χ4v) is 3.25. The number of anilines is 2. The van der Waals surface area contributed by atoms with Crippen LogP contribution in [-0.4, -0.2) is 12.4 Å². The average molecular weight is 300 g/mol. The maximum atomic E-state index is 7.82. The molecule has 3 nitrogen and oxygen atoms in total.